The average molecular weight is 306 g/mol. The first-order valence-electron chi connectivity index (χ1n) is 5.81. The van der Waals surface area contributed by atoms with E-state index in [-0.39, 0.29) is 6.04 Å². The predicted molar refractivity (Wildman–Crippen MR) is 79.6 cm³/mol. The lowest BCUT2D eigenvalue weighted by Gasteiger charge is -2.15. The number of benzene rings is 1. The van der Waals surface area contributed by atoms with Gasteiger partial charge in [-0.05, 0) is 59.6 Å². The van der Waals surface area contributed by atoms with Crippen molar-refractivity contribution < 1.29 is 0 Å². The third-order valence-electron chi connectivity index (χ3n) is 2.82. The lowest BCUT2D eigenvalue weighted by Crippen LogP contribution is -2.08. The molecule has 3 nitrogen and oxygen atoms in total. The van der Waals surface area contributed by atoms with Crippen molar-refractivity contribution in [2.24, 2.45) is 0 Å². The summed E-state index contributed by atoms with van der Waals surface area (Å²) < 4.78 is 1.02. The van der Waals surface area contributed by atoms with Crippen molar-refractivity contribution in [3.63, 3.8) is 0 Å². The Balaban J connectivity index is 2.13. The van der Waals surface area contributed by atoms with E-state index in [9.17, 15) is 0 Å². The third kappa shape index (κ3) is 3.01. The Morgan fingerprint density at radius 3 is 2.44 bits per heavy atom. The summed E-state index contributed by atoms with van der Waals surface area (Å²) in [6.45, 7) is 4.08. The molecule has 0 fully saturated rings. The quantitative estimate of drug-likeness (QED) is 0.845. The van der Waals surface area contributed by atoms with Crippen LogP contribution in [0.25, 0.3) is 0 Å². The zero-order valence-corrected chi connectivity index (χ0v) is 12.0. The molecule has 0 saturated carbocycles. The van der Waals surface area contributed by atoms with Gasteiger partial charge >= 0.3 is 0 Å². The van der Waals surface area contributed by atoms with Gasteiger partial charge in [0.25, 0.3) is 0 Å². The van der Waals surface area contributed by atoms with Crippen molar-refractivity contribution in [1.29, 1.82) is 0 Å². The molecule has 1 aromatic carbocycles. The van der Waals surface area contributed by atoms with E-state index in [1.807, 2.05) is 43.3 Å². The summed E-state index contributed by atoms with van der Waals surface area (Å²) in [4.78, 5) is 4.47. The minimum absolute atomic E-state index is 0.193. The number of nitrogens with zero attached hydrogens (tertiary/aromatic N) is 1. The maximum absolute atomic E-state index is 5.68. The van der Waals surface area contributed by atoms with Gasteiger partial charge in [0.05, 0.1) is 5.69 Å². The second kappa shape index (κ2) is 5.40. The molecule has 0 aliphatic carbocycles. The van der Waals surface area contributed by atoms with Gasteiger partial charge in [-0.15, -0.1) is 0 Å². The SMILES string of the molecule is Cc1nc(NC(C)c2ccc(N)cc2)ccc1Br. The zero-order chi connectivity index (χ0) is 13.1. The maximum atomic E-state index is 5.68. The fourth-order valence-corrected chi connectivity index (χ4v) is 1.94. The van der Waals surface area contributed by atoms with Crippen LogP contribution in [0.1, 0.15) is 24.2 Å². The number of hydrogen-bond donors (Lipinski definition) is 2. The van der Waals surface area contributed by atoms with E-state index in [0.29, 0.717) is 0 Å². The second-order valence-corrected chi connectivity index (χ2v) is 5.15. The number of anilines is 2. The number of nitrogens with two attached hydrogens (primary N) is 1. The van der Waals surface area contributed by atoms with Crippen molar-refractivity contribution in [3.05, 3.63) is 52.1 Å². The summed E-state index contributed by atoms with van der Waals surface area (Å²) in [6.07, 6.45) is 0. The maximum Gasteiger partial charge on any atom is 0.126 e. The molecular formula is C14H16BrN3. The lowest BCUT2D eigenvalue weighted by molar-refractivity contribution is 0.872. The molecule has 0 amide bonds. The molecule has 0 aliphatic rings. The molecule has 18 heavy (non-hydrogen) atoms. The Bertz CT molecular complexity index is 537. The molecule has 1 atom stereocenters. The Morgan fingerprint density at radius 1 is 1.17 bits per heavy atom. The summed E-state index contributed by atoms with van der Waals surface area (Å²) in [5.41, 5.74) is 8.62. The summed E-state index contributed by atoms with van der Waals surface area (Å²) in [6, 6.07) is 12.0. The number of halogens is 1. The summed E-state index contributed by atoms with van der Waals surface area (Å²) in [5, 5.41) is 3.37. The van der Waals surface area contributed by atoms with Crippen LogP contribution in [0.4, 0.5) is 11.5 Å². The molecule has 1 aromatic heterocycles. The minimum atomic E-state index is 0.193. The van der Waals surface area contributed by atoms with Crippen molar-refractivity contribution in [2.45, 2.75) is 19.9 Å². The highest BCUT2D eigenvalue weighted by Gasteiger charge is 2.06. The molecule has 94 valence electrons. The van der Waals surface area contributed by atoms with Crippen LogP contribution in [0.2, 0.25) is 0 Å². The van der Waals surface area contributed by atoms with Crippen molar-refractivity contribution >= 4 is 27.4 Å². The highest BCUT2D eigenvalue weighted by atomic mass is 79.9. The van der Waals surface area contributed by atoms with E-state index in [4.69, 9.17) is 5.73 Å². The van der Waals surface area contributed by atoms with Gasteiger partial charge in [-0.25, -0.2) is 4.98 Å². The molecule has 3 N–H and O–H groups in total. The van der Waals surface area contributed by atoms with Crippen molar-refractivity contribution in [3.8, 4) is 0 Å². The first-order valence-corrected chi connectivity index (χ1v) is 6.60. The van der Waals surface area contributed by atoms with E-state index in [1.54, 1.807) is 0 Å². The molecule has 0 aliphatic heterocycles. The van der Waals surface area contributed by atoms with Gasteiger partial charge in [0.1, 0.15) is 5.82 Å². The van der Waals surface area contributed by atoms with E-state index in [2.05, 4.69) is 33.2 Å². The molecule has 1 unspecified atom stereocenters. The van der Waals surface area contributed by atoms with Gasteiger partial charge in [0, 0.05) is 16.2 Å². The van der Waals surface area contributed by atoms with Crippen LogP contribution in [0.15, 0.2) is 40.9 Å². The average Bonchev–Trinajstić information content (AvgIpc) is 2.34. The normalized spacial score (nSPS) is 12.2. The van der Waals surface area contributed by atoms with Gasteiger partial charge in [-0.1, -0.05) is 12.1 Å². The number of aryl methyl sites for hydroxylation is 1. The number of aromatic nitrogens is 1. The molecular weight excluding hydrogens is 290 g/mol. The van der Waals surface area contributed by atoms with Crippen LogP contribution >= 0.6 is 15.9 Å². The molecule has 1 heterocycles. The van der Waals surface area contributed by atoms with Gasteiger partial charge in [-0.2, -0.15) is 0 Å². The van der Waals surface area contributed by atoms with Gasteiger partial charge < -0.3 is 11.1 Å². The summed E-state index contributed by atoms with van der Waals surface area (Å²) >= 11 is 3.44. The van der Waals surface area contributed by atoms with Crippen LogP contribution in [0, 0.1) is 6.92 Å². The van der Waals surface area contributed by atoms with Crippen LogP contribution in [-0.2, 0) is 0 Å². The summed E-state index contributed by atoms with van der Waals surface area (Å²) in [7, 11) is 0. The predicted octanol–water partition coefficient (Wildman–Crippen LogP) is 3.91. The highest BCUT2D eigenvalue weighted by molar-refractivity contribution is 9.10. The first-order chi connectivity index (χ1) is 8.56. The first kappa shape index (κ1) is 12.9. The smallest absolute Gasteiger partial charge is 0.126 e. The summed E-state index contributed by atoms with van der Waals surface area (Å²) in [5.74, 6) is 0.875. The fraction of sp³-hybridized carbons (Fsp3) is 0.214. The second-order valence-electron chi connectivity index (χ2n) is 4.30. The van der Waals surface area contributed by atoms with Crippen LogP contribution in [0.5, 0.6) is 0 Å². The van der Waals surface area contributed by atoms with Crippen molar-refractivity contribution in [2.75, 3.05) is 11.1 Å². The molecule has 2 aromatic rings. The third-order valence-corrected chi connectivity index (χ3v) is 3.66. The number of hydrogen-bond acceptors (Lipinski definition) is 3. The highest BCUT2D eigenvalue weighted by Crippen LogP contribution is 2.21. The number of pyridine rings is 1. The van der Waals surface area contributed by atoms with E-state index in [0.717, 1.165) is 21.7 Å². The molecule has 2 rings (SSSR count). The molecule has 0 radical (unpaired) electrons. The number of rotatable bonds is 3. The van der Waals surface area contributed by atoms with E-state index in [1.165, 1.54) is 5.56 Å². The largest absolute Gasteiger partial charge is 0.399 e. The number of nitrogens with one attached hydrogen (secondary N) is 1. The molecule has 0 bridgehead atoms. The Kier molecular flexibility index (Phi) is 3.87. The Hall–Kier alpha value is -1.55. The zero-order valence-electron chi connectivity index (χ0n) is 10.4. The van der Waals surface area contributed by atoms with Crippen LogP contribution < -0.4 is 11.1 Å². The number of nitrogen functional groups attached to an aromatic ring is 1. The molecule has 0 spiro atoms. The monoisotopic (exact) mass is 305 g/mol. The Labute approximate surface area is 116 Å². The van der Waals surface area contributed by atoms with Gasteiger partial charge in [0.2, 0.25) is 0 Å². The van der Waals surface area contributed by atoms with E-state index >= 15 is 0 Å². The van der Waals surface area contributed by atoms with Gasteiger partial charge in [-0.3, -0.25) is 0 Å². The van der Waals surface area contributed by atoms with E-state index < -0.39 is 0 Å². The minimum Gasteiger partial charge on any atom is -0.399 e. The molecule has 0 saturated heterocycles. The lowest BCUT2D eigenvalue weighted by atomic mass is 10.1. The van der Waals surface area contributed by atoms with Crippen LogP contribution in [-0.4, -0.2) is 4.98 Å². The van der Waals surface area contributed by atoms with Crippen molar-refractivity contribution in [1.82, 2.24) is 4.98 Å². The van der Waals surface area contributed by atoms with Gasteiger partial charge in [0.15, 0.2) is 0 Å². The molecule has 4 heteroatoms. The topological polar surface area (TPSA) is 50.9 Å². The fourth-order valence-electron chi connectivity index (χ4n) is 1.71. The van der Waals surface area contributed by atoms with Crippen LogP contribution in [0.3, 0.4) is 0 Å². The standard InChI is InChI=1S/C14H16BrN3/c1-9(11-3-5-12(16)6-4-11)17-14-8-7-13(15)10(2)18-14/h3-9H,16H2,1-2H3,(H,17,18). The Morgan fingerprint density at radius 2 is 1.83 bits per heavy atom.